The van der Waals surface area contributed by atoms with E-state index in [1.165, 1.54) is 25.7 Å². The zero-order valence-electron chi connectivity index (χ0n) is 10.1. The van der Waals surface area contributed by atoms with Crippen molar-refractivity contribution in [1.82, 2.24) is 0 Å². The molecule has 0 aromatic rings. The molecule has 0 nitrogen and oxygen atoms in total. The van der Waals surface area contributed by atoms with Crippen LogP contribution in [-0.2, 0) is 0 Å². The molecule has 0 fully saturated rings. The molecule has 0 aliphatic rings. The molecule has 0 aromatic heterocycles. The molecule has 13 heavy (non-hydrogen) atoms. The summed E-state index contributed by atoms with van der Waals surface area (Å²) in [5.74, 6) is 0.887. The first-order chi connectivity index (χ1) is 5.87. The molecule has 0 rings (SSSR count). The van der Waals surface area contributed by atoms with Gasteiger partial charge in [0.15, 0.2) is 0 Å². The van der Waals surface area contributed by atoms with Crippen LogP contribution < -0.4 is 0 Å². The Balaban J connectivity index is 3.63. The molecule has 1 heteroatoms. The van der Waals surface area contributed by atoms with Gasteiger partial charge in [-0.15, -0.1) is 9.24 Å². The molecule has 0 aliphatic heterocycles. The van der Waals surface area contributed by atoms with Crippen molar-refractivity contribution in [3.8, 4) is 0 Å². The third-order valence-electron chi connectivity index (χ3n) is 3.05. The van der Waals surface area contributed by atoms with Gasteiger partial charge >= 0.3 is 0 Å². The average Bonchev–Trinajstić information content (AvgIpc) is 2.00. The molecule has 0 spiro atoms. The second kappa shape index (κ2) is 6.02. The van der Waals surface area contributed by atoms with Crippen molar-refractivity contribution in [3.05, 3.63) is 0 Å². The molecule has 0 aliphatic carbocycles. The van der Waals surface area contributed by atoms with Gasteiger partial charge < -0.3 is 0 Å². The zero-order valence-corrected chi connectivity index (χ0v) is 11.2. The molecule has 3 unspecified atom stereocenters. The Morgan fingerprint density at radius 2 is 1.77 bits per heavy atom. The maximum Gasteiger partial charge on any atom is -0.0290 e. The number of hydrogen-bond acceptors (Lipinski definition) is 0. The zero-order chi connectivity index (χ0) is 10.5. The standard InChI is InChI=1S/C12H27P/c1-6-12(4,5)8-7-10(2)9-11(3)13/h10-11H,6-9,13H2,1-5H3. The van der Waals surface area contributed by atoms with Crippen LogP contribution in [0.2, 0.25) is 0 Å². The first kappa shape index (κ1) is 13.4. The van der Waals surface area contributed by atoms with Gasteiger partial charge in [0.2, 0.25) is 0 Å². The van der Waals surface area contributed by atoms with E-state index in [0.717, 1.165) is 11.6 Å². The van der Waals surface area contributed by atoms with Crippen LogP contribution in [0.15, 0.2) is 0 Å². The Kier molecular flexibility index (Phi) is 6.21. The summed E-state index contributed by atoms with van der Waals surface area (Å²) in [5.41, 5.74) is 1.33. The predicted molar refractivity (Wildman–Crippen MR) is 66.3 cm³/mol. The third-order valence-corrected chi connectivity index (χ3v) is 3.32. The summed E-state index contributed by atoms with van der Waals surface area (Å²) in [6.07, 6.45) is 5.42. The second-order valence-corrected chi connectivity index (χ2v) is 6.51. The lowest BCUT2D eigenvalue weighted by Gasteiger charge is -2.24. The lowest BCUT2D eigenvalue weighted by molar-refractivity contribution is 0.284. The van der Waals surface area contributed by atoms with E-state index in [1.807, 2.05) is 0 Å². The van der Waals surface area contributed by atoms with Crippen molar-refractivity contribution in [1.29, 1.82) is 0 Å². The van der Waals surface area contributed by atoms with Gasteiger partial charge in [0, 0.05) is 0 Å². The molecule has 0 aromatic carbocycles. The van der Waals surface area contributed by atoms with Crippen LogP contribution in [0.1, 0.15) is 60.3 Å². The van der Waals surface area contributed by atoms with Gasteiger partial charge in [-0.1, -0.05) is 47.5 Å². The first-order valence-corrected chi connectivity index (χ1v) is 6.29. The minimum atomic E-state index is 0.554. The summed E-state index contributed by atoms with van der Waals surface area (Å²) < 4.78 is 0. The Hall–Kier alpha value is 0.430. The van der Waals surface area contributed by atoms with Crippen molar-refractivity contribution in [2.45, 2.75) is 66.0 Å². The van der Waals surface area contributed by atoms with Crippen LogP contribution >= 0.6 is 9.24 Å². The predicted octanol–water partition coefficient (Wildman–Crippen LogP) is 4.49. The topological polar surface area (TPSA) is 0 Å². The highest BCUT2D eigenvalue weighted by molar-refractivity contribution is 7.17. The van der Waals surface area contributed by atoms with Gasteiger partial charge in [-0.3, -0.25) is 0 Å². The molecule has 0 saturated carbocycles. The van der Waals surface area contributed by atoms with Crippen molar-refractivity contribution < 1.29 is 0 Å². The lowest BCUT2D eigenvalue weighted by atomic mass is 9.82. The van der Waals surface area contributed by atoms with E-state index >= 15 is 0 Å². The molecule has 0 bridgehead atoms. The Morgan fingerprint density at radius 1 is 1.23 bits per heavy atom. The van der Waals surface area contributed by atoms with E-state index in [0.29, 0.717) is 5.41 Å². The fourth-order valence-corrected chi connectivity index (χ4v) is 2.03. The molecule has 80 valence electrons. The van der Waals surface area contributed by atoms with E-state index in [-0.39, 0.29) is 0 Å². The number of hydrogen-bond donors (Lipinski definition) is 0. The summed E-state index contributed by atoms with van der Waals surface area (Å²) >= 11 is 0. The highest BCUT2D eigenvalue weighted by Crippen LogP contribution is 2.29. The smallest absolute Gasteiger partial charge is 0.0290 e. The average molecular weight is 202 g/mol. The van der Waals surface area contributed by atoms with Crippen molar-refractivity contribution in [2.24, 2.45) is 11.3 Å². The van der Waals surface area contributed by atoms with Crippen molar-refractivity contribution in [2.75, 3.05) is 0 Å². The molecule has 0 N–H and O–H groups in total. The fourth-order valence-electron chi connectivity index (χ4n) is 1.57. The minimum absolute atomic E-state index is 0.554. The van der Waals surface area contributed by atoms with Crippen LogP contribution in [0.3, 0.4) is 0 Å². The van der Waals surface area contributed by atoms with E-state index in [9.17, 15) is 0 Å². The SMILES string of the molecule is CCC(C)(C)CCC(C)CC(C)P. The molecule has 0 amide bonds. The van der Waals surface area contributed by atoms with Crippen LogP contribution in [-0.4, -0.2) is 5.66 Å². The Morgan fingerprint density at radius 3 is 2.15 bits per heavy atom. The van der Waals surface area contributed by atoms with E-state index in [4.69, 9.17) is 0 Å². The van der Waals surface area contributed by atoms with Crippen LogP contribution in [0, 0.1) is 11.3 Å². The highest BCUT2D eigenvalue weighted by Gasteiger charge is 2.16. The van der Waals surface area contributed by atoms with Gasteiger partial charge in [-0.2, -0.15) is 0 Å². The van der Waals surface area contributed by atoms with Crippen LogP contribution in [0.5, 0.6) is 0 Å². The van der Waals surface area contributed by atoms with Gasteiger partial charge in [0.25, 0.3) is 0 Å². The largest absolute Gasteiger partial charge is 0.135 e. The summed E-state index contributed by atoms with van der Waals surface area (Å²) in [4.78, 5) is 0. The van der Waals surface area contributed by atoms with Crippen LogP contribution in [0.25, 0.3) is 0 Å². The van der Waals surface area contributed by atoms with Crippen molar-refractivity contribution >= 4 is 9.24 Å². The maximum atomic E-state index is 2.89. The maximum absolute atomic E-state index is 2.89. The van der Waals surface area contributed by atoms with Gasteiger partial charge in [0.1, 0.15) is 0 Å². The third kappa shape index (κ3) is 7.50. The lowest BCUT2D eigenvalue weighted by Crippen LogP contribution is -2.12. The van der Waals surface area contributed by atoms with E-state index in [2.05, 4.69) is 43.9 Å². The summed E-state index contributed by atoms with van der Waals surface area (Å²) in [6, 6.07) is 0. The molecule has 0 heterocycles. The monoisotopic (exact) mass is 202 g/mol. The van der Waals surface area contributed by atoms with Gasteiger partial charge in [-0.25, -0.2) is 0 Å². The number of rotatable bonds is 6. The minimum Gasteiger partial charge on any atom is -0.135 e. The summed E-state index contributed by atoms with van der Waals surface area (Å²) in [6.45, 7) is 11.7. The second-order valence-electron chi connectivity index (χ2n) is 5.37. The highest BCUT2D eigenvalue weighted by atomic mass is 31.0. The fraction of sp³-hybridized carbons (Fsp3) is 1.00. The van der Waals surface area contributed by atoms with Gasteiger partial charge in [-0.05, 0) is 29.8 Å². The Bertz CT molecular complexity index is 127. The van der Waals surface area contributed by atoms with E-state index < -0.39 is 0 Å². The van der Waals surface area contributed by atoms with Gasteiger partial charge in [0.05, 0.1) is 0 Å². The van der Waals surface area contributed by atoms with E-state index in [1.54, 1.807) is 0 Å². The quantitative estimate of drug-likeness (QED) is 0.557. The molecule has 0 radical (unpaired) electrons. The summed E-state index contributed by atoms with van der Waals surface area (Å²) in [7, 11) is 2.89. The molecule has 0 saturated heterocycles. The first-order valence-electron chi connectivity index (χ1n) is 5.63. The molecular weight excluding hydrogens is 175 g/mol. The summed E-state index contributed by atoms with van der Waals surface area (Å²) in [5, 5.41) is 0. The van der Waals surface area contributed by atoms with Crippen molar-refractivity contribution in [3.63, 3.8) is 0 Å². The Labute approximate surface area is 87.1 Å². The van der Waals surface area contributed by atoms with Crippen LogP contribution in [0.4, 0.5) is 0 Å². The normalized spacial score (nSPS) is 17.1. The molecule has 3 atom stereocenters. The molecular formula is C12H27P.